The van der Waals surface area contributed by atoms with Gasteiger partial charge >= 0.3 is 0 Å². The predicted molar refractivity (Wildman–Crippen MR) is 89.1 cm³/mol. The second-order valence-corrected chi connectivity index (χ2v) is 5.86. The fourth-order valence-corrected chi connectivity index (χ4v) is 3.36. The lowest BCUT2D eigenvalue weighted by atomic mass is 9.76. The van der Waals surface area contributed by atoms with Gasteiger partial charge in [-0.2, -0.15) is 0 Å². The Morgan fingerprint density at radius 2 is 1.38 bits per heavy atom. The number of hydrogen-bond acceptors (Lipinski definition) is 0. The Morgan fingerprint density at radius 1 is 0.762 bits per heavy atom. The fourth-order valence-electron chi connectivity index (χ4n) is 3.36. The average Bonchev–Trinajstić information content (AvgIpc) is 2.52. The van der Waals surface area contributed by atoms with E-state index in [0.29, 0.717) is 11.8 Å². The molecule has 1 aliphatic carbocycles. The standard InChI is InChI=1S/C21H22/c1-2-6-12-18(13-7-3-1)21(19-14-8-4-9-15-19)20-16-10-5-11-17-20/h4-5,8-11,14-18,21H,1-2,6,12-13H2. The Bertz CT molecular complexity index is 561. The van der Waals surface area contributed by atoms with Crippen LogP contribution in [-0.2, 0) is 0 Å². The van der Waals surface area contributed by atoms with Crippen LogP contribution < -0.4 is 0 Å². The van der Waals surface area contributed by atoms with Crippen LogP contribution in [0.25, 0.3) is 0 Å². The van der Waals surface area contributed by atoms with Crippen molar-refractivity contribution in [1.29, 1.82) is 0 Å². The van der Waals surface area contributed by atoms with Crippen molar-refractivity contribution in [2.75, 3.05) is 0 Å². The van der Waals surface area contributed by atoms with Crippen molar-refractivity contribution in [3.8, 4) is 11.8 Å². The highest BCUT2D eigenvalue weighted by Gasteiger charge is 2.24. The van der Waals surface area contributed by atoms with E-state index in [2.05, 4.69) is 72.5 Å². The molecular weight excluding hydrogens is 252 g/mol. The molecule has 0 amide bonds. The topological polar surface area (TPSA) is 0 Å². The molecule has 1 aliphatic rings. The Balaban J connectivity index is 1.97. The Kier molecular flexibility index (Phi) is 4.74. The van der Waals surface area contributed by atoms with E-state index in [1.165, 1.54) is 30.4 Å². The van der Waals surface area contributed by atoms with Crippen molar-refractivity contribution in [1.82, 2.24) is 0 Å². The first kappa shape index (κ1) is 14.0. The van der Waals surface area contributed by atoms with Crippen LogP contribution in [0.15, 0.2) is 60.7 Å². The molecule has 0 nitrogen and oxygen atoms in total. The first-order valence-electron chi connectivity index (χ1n) is 8.01. The van der Waals surface area contributed by atoms with Gasteiger partial charge in [-0.05, 0) is 29.9 Å². The molecule has 106 valence electrons. The lowest BCUT2D eigenvalue weighted by Crippen LogP contribution is -2.15. The summed E-state index contributed by atoms with van der Waals surface area (Å²) in [5.74, 6) is 7.83. The largest absolute Gasteiger partial charge is 0.103 e. The molecule has 0 aromatic heterocycles. The van der Waals surface area contributed by atoms with Gasteiger partial charge < -0.3 is 0 Å². The lowest BCUT2D eigenvalue weighted by Gasteiger charge is -2.27. The fraction of sp³-hybridized carbons (Fsp3) is 0.333. The van der Waals surface area contributed by atoms with Crippen LogP contribution in [0.1, 0.15) is 49.1 Å². The minimum absolute atomic E-state index is 0.472. The van der Waals surface area contributed by atoms with Crippen molar-refractivity contribution < 1.29 is 0 Å². The minimum Gasteiger partial charge on any atom is -0.103 e. The molecule has 0 saturated heterocycles. The second kappa shape index (κ2) is 7.14. The van der Waals surface area contributed by atoms with Crippen molar-refractivity contribution in [3.63, 3.8) is 0 Å². The Morgan fingerprint density at radius 3 is 2.00 bits per heavy atom. The minimum atomic E-state index is 0.472. The van der Waals surface area contributed by atoms with Crippen molar-refractivity contribution in [3.05, 3.63) is 71.8 Å². The van der Waals surface area contributed by atoms with Gasteiger partial charge in [0, 0.05) is 18.8 Å². The van der Waals surface area contributed by atoms with E-state index in [4.69, 9.17) is 0 Å². The Labute approximate surface area is 128 Å². The maximum Gasteiger partial charge on any atom is 0.0127 e. The summed E-state index contributed by atoms with van der Waals surface area (Å²) >= 11 is 0. The van der Waals surface area contributed by atoms with Crippen LogP contribution in [0.3, 0.4) is 0 Å². The SMILES string of the molecule is C1#CCC(C(c2ccccc2)c2ccccc2)CCCC1. The molecule has 0 radical (unpaired) electrons. The van der Waals surface area contributed by atoms with Gasteiger partial charge in [0.25, 0.3) is 0 Å². The summed E-state index contributed by atoms with van der Waals surface area (Å²) in [5, 5.41) is 0. The van der Waals surface area contributed by atoms with E-state index < -0.39 is 0 Å². The maximum absolute atomic E-state index is 3.41. The molecule has 1 unspecified atom stereocenters. The van der Waals surface area contributed by atoms with Crippen LogP contribution in [0, 0.1) is 17.8 Å². The van der Waals surface area contributed by atoms with Gasteiger partial charge in [0.15, 0.2) is 0 Å². The monoisotopic (exact) mass is 274 g/mol. The molecule has 21 heavy (non-hydrogen) atoms. The van der Waals surface area contributed by atoms with Gasteiger partial charge in [0.1, 0.15) is 0 Å². The zero-order valence-electron chi connectivity index (χ0n) is 12.5. The maximum atomic E-state index is 3.41. The van der Waals surface area contributed by atoms with E-state index >= 15 is 0 Å². The summed E-state index contributed by atoms with van der Waals surface area (Å²) < 4.78 is 0. The van der Waals surface area contributed by atoms with Crippen molar-refractivity contribution in [2.45, 2.75) is 38.0 Å². The zero-order chi connectivity index (χ0) is 14.3. The third kappa shape index (κ3) is 3.56. The van der Waals surface area contributed by atoms with Crippen molar-refractivity contribution in [2.24, 2.45) is 5.92 Å². The normalized spacial score (nSPS) is 18.4. The summed E-state index contributed by atoms with van der Waals surface area (Å²) in [6.07, 6.45) is 5.93. The van der Waals surface area contributed by atoms with E-state index in [0.717, 1.165) is 12.8 Å². The predicted octanol–water partition coefficient (Wildman–Crippen LogP) is 5.40. The zero-order valence-corrected chi connectivity index (χ0v) is 12.5. The van der Waals surface area contributed by atoms with Gasteiger partial charge in [-0.1, -0.05) is 67.1 Å². The van der Waals surface area contributed by atoms with Gasteiger partial charge in [0.05, 0.1) is 0 Å². The molecule has 0 bridgehead atoms. The van der Waals surface area contributed by atoms with Crippen LogP contribution in [-0.4, -0.2) is 0 Å². The molecule has 0 heterocycles. The molecule has 0 spiro atoms. The number of rotatable bonds is 3. The highest BCUT2D eigenvalue weighted by Crippen LogP contribution is 2.37. The number of hydrogen-bond donors (Lipinski definition) is 0. The van der Waals surface area contributed by atoms with E-state index in [1.807, 2.05) is 0 Å². The highest BCUT2D eigenvalue weighted by molar-refractivity contribution is 5.33. The molecule has 2 aromatic carbocycles. The molecule has 3 rings (SSSR count). The van der Waals surface area contributed by atoms with E-state index in [9.17, 15) is 0 Å². The molecular formula is C21H22. The Hall–Kier alpha value is -2.00. The van der Waals surface area contributed by atoms with Crippen LogP contribution >= 0.6 is 0 Å². The van der Waals surface area contributed by atoms with Gasteiger partial charge in [0.2, 0.25) is 0 Å². The molecule has 0 heteroatoms. The average molecular weight is 274 g/mol. The first-order valence-corrected chi connectivity index (χ1v) is 8.01. The van der Waals surface area contributed by atoms with E-state index in [-0.39, 0.29) is 0 Å². The first-order chi connectivity index (χ1) is 10.4. The van der Waals surface area contributed by atoms with Crippen LogP contribution in [0.4, 0.5) is 0 Å². The molecule has 2 aromatic rings. The molecule has 0 saturated carbocycles. The van der Waals surface area contributed by atoms with Crippen LogP contribution in [0.2, 0.25) is 0 Å². The third-order valence-electron chi connectivity index (χ3n) is 4.40. The number of benzene rings is 2. The van der Waals surface area contributed by atoms with Gasteiger partial charge in [-0.3, -0.25) is 0 Å². The van der Waals surface area contributed by atoms with Crippen LogP contribution in [0.5, 0.6) is 0 Å². The third-order valence-corrected chi connectivity index (χ3v) is 4.40. The summed E-state index contributed by atoms with van der Waals surface area (Å²) in [4.78, 5) is 0. The summed E-state index contributed by atoms with van der Waals surface area (Å²) in [6.45, 7) is 0. The van der Waals surface area contributed by atoms with E-state index in [1.54, 1.807) is 0 Å². The molecule has 0 N–H and O–H groups in total. The lowest BCUT2D eigenvalue weighted by molar-refractivity contribution is 0.421. The molecule has 0 aliphatic heterocycles. The molecule has 0 fully saturated rings. The summed E-state index contributed by atoms with van der Waals surface area (Å²) in [7, 11) is 0. The summed E-state index contributed by atoms with van der Waals surface area (Å²) in [6, 6.07) is 21.9. The quantitative estimate of drug-likeness (QED) is 0.657. The molecule has 1 atom stereocenters. The van der Waals surface area contributed by atoms with Gasteiger partial charge in [-0.25, -0.2) is 0 Å². The smallest absolute Gasteiger partial charge is 0.0127 e. The summed E-state index contributed by atoms with van der Waals surface area (Å²) in [5.41, 5.74) is 2.85. The van der Waals surface area contributed by atoms with Crippen molar-refractivity contribution >= 4 is 0 Å². The highest BCUT2D eigenvalue weighted by atomic mass is 14.3. The second-order valence-electron chi connectivity index (χ2n) is 5.86. The van der Waals surface area contributed by atoms with Gasteiger partial charge in [-0.15, -0.1) is 11.8 Å².